The topological polar surface area (TPSA) is 79.4 Å². The molecule has 30 heavy (non-hydrogen) atoms. The number of hydrogen-bond donors (Lipinski definition) is 0. The van der Waals surface area contributed by atoms with Crippen molar-refractivity contribution in [2.24, 2.45) is 0 Å². The van der Waals surface area contributed by atoms with Gasteiger partial charge in [0, 0.05) is 11.9 Å². The molecule has 1 unspecified atom stereocenters. The lowest BCUT2D eigenvalue weighted by Gasteiger charge is -2.31. The number of hydrogen-bond acceptors (Lipinski definition) is 5. The Labute approximate surface area is 174 Å². The molecule has 0 radical (unpaired) electrons. The summed E-state index contributed by atoms with van der Waals surface area (Å²) in [6.45, 7) is 1.15. The number of amides is 1. The molecule has 6 heteroatoms. The monoisotopic (exact) mass is 399 g/mol. The number of para-hydroxylation sites is 1. The van der Waals surface area contributed by atoms with Gasteiger partial charge in [0.25, 0.3) is 5.91 Å². The lowest BCUT2D eigenvalue weighted by molar-refractivity contribution is 0.00350. The number of rotatable bonds is 2. The van der Waals surface area contributed by atoms with Crippen molar-refractivity contribution in [2.45, 2.75) is 25.4 Å². The first kappa shape index (κ1) is 18.6. The zero-order chi connectivity index (χ0) is 20.5. The third kappa shape index (κ3) is 3.27. The summed E-state index contributed by atoms with van der Waals surface area (Å²) in [6.07, 6.45) is 5.73. The van der Waals surface area contributed by atoms with E-state index in [1.54, 1.807) is 11.2 Å². The highest BCUT2D eigenvalue weighted by atomic mass is 16.5. The van der Waals surface area contributed by atoms with Crippen molar-refractivity contribution in [2.75, 3.05) is 19.7 Å². The molecule has 1 saturated heterocycles. The summed E-state index contributed by atoms with van der Waals surface area (Å²) < 4.78 is 10.9. The Hall–Kier alpha value is -3.43. The molecular weight excluding hydrogens is 378 g/mol. The van der Waals surface area contributed by atoms with Gasteiger partial charge in [0.05, 0.1) is 42.3 Å². The number of fused-ring (bicyclic) bond motifs is 2. The molecule has 2 aliphatic rings. The van der Waals surface area contributed by atoms with Crippen LogP contribution in [0.4, 0.5) is 0 Å². The summed E-state index contributed by atoms with van der Waals surface area (Å²) in [6, 6.07) is 13.7. The summed E-state index contributed by atoms with van der Waals surface area (Å²) in [4.78, 5) is 20.3. The van der Waals surface area contributed by atoms with Gasteiger partial charge in [-0.05, 0) is 54.7 Å². The normalized spacial score (nSPS) is 20.2. The maximum absolute atomic E-state index is 13.7. The number of carbonyl (C=O) groups excluding carboxylic acids is 1. The Morgan fingerprint density at radius 1 is 1.23 bits per heavy atom. The third-order valence-corrected chi connectivity index (χ3v) is 5.74. The van der Waals surface area contributed by atoms with Gasteiger partial charge < -0.3 is 14.1 Å². The van der Waals surface area contributed by atoms with Crippen LogP contribution < -0.4 is 0 Å². The van der Waals surface area contributed by atoms with Crippen LogP contribution in [0.25, 0.3) is 22.6 Å². The Balaban J connectivity index is 1.66. The van der Waals surface area contributed by atoms with Crippen LogP contribution in [0, 0.1) is 11.3 Å². The number of carbonyl (C=O) groups is 1. The number of furan rings is 1. The van der Waals surface area contributed by atoms with E-state index in [0.717, 1.165) is 52.8 Å². The number of morpholine rings is 1. The molecule has 3 aromatic rings. The van der Waals surface area contributed by atoms with Gasteiger partial charge in [0.15, 0.2) is 6.10 Å². The highest BCUT2D eigenvalue weighted by Gasteiger charge is 2.30. The van der Waals surface area contributed by atoms with E-state index in [1.807, 2.05) is 42.5 Å². The van der Waals surface area contributed by atoms with Crippen LogP contribution in [0.2, 0.25) is 0 Å². The Bertz CT molecular complexity index is 1170. The SMILES string of the molecule is N#CC1CN(C(=O)c2c3c(nc4ccccc24)/C(=C\c2ccco2)CCC3)CCO1. The van der Waals surface area contributed by atoms with Gasteiger partial charge in [-0.1, -0.05) is 18.2 Å². The molecule has 6 nitrogen and oxygen atoms in total. The highest BCUT2D eigenvalue weighted by Crippen LogP contribution is 2.36. The fourth-order valence-electron chi connectivity index (χ4n) is 4.33. The molecule has 0 bridgehead atoms. The molecule has 5 rings (SSSR count). The minimum absolute atomic E-state index is 0.0485. The molecular formula is C24H21N3O3. The Morgan fingerprint density at radius 3 is 2.97 bits per heavy atom. The highest BCUT2D eigenvalue weighted by molar-refractivity contribution is 6.09. The number of allylic oxidation sites excluding steroid dienone is 1. The molecule has 1 fully saturated rings. The number of benzene rings is 1. The quantitative estimate of drug-likeness (QED) is 0.649. The first-order valence-corrected chi connectivity index (χ1v) is 10.2. The molecule has 1 aromatic carbocycles. The number of nitriles is 1. The van der Waals surface area contributed by atoms with Crippen molar-refractivity contribution < 1.29 is 13.9 Å². The molecule has 0 saturated carbocycles. The smallest absolute Gasteiger partial charge is 0.255 e. The fourth-order valence-corrected chi connectivity index (χ4v) is 4.33. The average Bonchev–Trinajstić information content (AvgIpc) is 3.30. The third-order valence-electron chi connectivity index (χ3n) is 5.74. The standard InChI is InChI=1S/C24H21N3O3/c25-14-18-15-27(10-12-30-18)24(28)22-19-7-1-2-9-21(19)26-23-16(5-3-8-20(22)23)13-17-6-4-11-29-17/h1-2,4,6-7,9,11,13,18H,3,5,8,10,12,15H2/b16-13-. The van der Waals surface area contributed by atoms with Crippen molar-refractivity contribution in [3.05, 3.63) is 65.2 Å². The molecule has 1 aliphatic heterocycles. The van der Waals surface area contributed by atoms with E-state index in [0.29, 0.717) is 18.7 Å². The molecule has 1 atom stereocenters. The Kier molecular flexibility index (Phi) is 4.82. The zero-order valence-electron chi connectivity index (χ0n) is 16.5. The summed E-state index contributed by atoms with van der Waals surface area (Å²) in [5, 5.41) is 10.1. The van der Waals surface area contributed by atoms with Crippen LogP contribution in [0.5, 0.6) is 0 Å². The van der Waals surface area contributed by atoms with E-state index < -0.39 is 6.10 Å². The van der Waals surface area contributed by atoms with Crippen LogP contribution in [0.3, 0.4) is 0 Å². The number of aromatic nitrogens is 1. The minimum Gasteiger partial charge on any atom is -0.465 e. The van der Waals surface area contributed by atoms with E-state index in [4.69, 9.17) is 14.1 Å². The second-order valence-corrected chi connectivity index (χ2v) is 7.61. The second kappa shape index (κ2) is 7.77. The summed E-state index contributed by atoms with van der Waals surface area (Å²) in [7, 11) is 0. The average molecular weight is 399 g/mol. The summed E-state index contributed by atoms with van der Waals surface area (Å²) >= 11 is 0. The lowest BCUT2D eigenvalue weighted by atomic mass is 9.85. The minimum atomic E-state index is -0.582. The van der Waals surface area contributed by atoms with E-state index in [2.05, 4.69) is 6.07 Å². The number of ether oxygens (including phenoxy) is 1. The molecule has 150 valence electrons. The fraction of sp³-hybridized carbons (Fsp3) is 0.292. The van der Waals surface area contributed by atoms with Gasteiger partial charge in [-0.25, -0.2) is 4.98 Å². The molecule has 0 spiro atoms. The molecule has 2 aromatic heterocycles. The van der Waals surface area contributed by atoms with Crippen LogP contribution >= 0.6 is 0 Å². The van der Waals surface area contributed by atoms with Crippen LogP contribution in [0.1, 0.15) is 40.2 Å². The molecule has 1 amide bonds. The van der Waals surface area contributed by atoms with Crippen molar-refractivity contribution in [1.29, 1.82) is 5.26 Å². The van der Waals surface area contributed by atoms with E-state index >= 15 is 0 Å². The van der Waals surface area contributed by atoms with Crippen molar-refractivity contribution in [3.63, 3.8) is 0 Å². The van der Waals surface area contributed by atoms with Gasteiger partial charge in [0.1, 0.15) is 5.76 Å². The summed E-state index contributed by atoms with van der Waals surface area (Å²) in [5.74, 6) is 0.735. The largest absolute Gasteiger partial charge is 0.465 e. The van der Waals surface area contributed by atoms with Crippen LogP contribution in [0.15, 0.2) is 47.1 Å². The van der Waals surface area contributed by atoms with Gasteiger partial charge in [0.2, 0.25) is 0 Å². The van der Waals surface area contributed by atoms with Gasteiger partial charge in [-0.3, -0.25) is 4.79 Å². The Morgan fingerprint density at radius 2 is 2.13 bits per heavy atom. The first-order valence-electron chi connectivity index (χ1n) is 10.2. The summed E-state index contributed by atoms with van der Waals surface area (Å²) in [5.41, 5.74) is 4.46. The van der Waals surface area contributed by atoms with Gasteiger partial charge >= 0.3 is 0 Å². The zero-order valence-corrected chi connectivity index (χ0v) is 16.5. The maximum Gasteiger partial charge on any atom is 0.255 e. The maximum atomic E-state index is 13.7. The van der Waals surface area contributed by atoms with Crippen molar-refractivity contribution in [1.82, 2.24) is 9.88 Å². The first-order chi connectivity index (χ1) is 14.7. The van der Waals surface area contributed by atoms with Crippen LogP contribution in [-0.4, -0.2) is 41.6 Å². The van der Waals surface area contributed by atoms with E-state index in [9.17, 15) is 10.1 Å². The van der Waals surface area contributed by atoms with Crippen molar-refractivity contribution >= 4 is 28.5 Å². The number of pyridine rings is 1. The van der Waals surface area contributed by atoms with Crippen molar-refractivity contribution in [3.8, 4) is 6.07 Å². The van der Waals surface area contributed by atoms with Gasteiger partial charge in [-0.15, -0.1) is 0 Å². The number of nitrogens with zero attached hydrogens (tertiary/aromatic N) is 3. The van der Waals surface area contributed by atoms with E-state index in [1.165, 1.54) is 0 Å². The molecule has 1 aliphatic carbocycles. The van der Waals surface area contributed by atoms with Gasteiger partial charge in [-0.2, -0.15) is 5.26 Å². The van der Waals surface area contributed by atoms with Crippen LogP contribution in [-0.2, 0) is 11.2 Å². The molecule has 0 N–H and O–H groups in total. The lowest BCUT2D eigenvalue weighted by Crippen LogP contribution is -2.45. The molecule has 3 heterocycles. The second-order valence-electron chi connectivity index (χ2n) is 7.61. The predicted molar refractivity (Wildman–Crippen MR) is 113 cm³/mol. The van der Waals surface area contributed by atoms with E-state index in [-0.39, 0.29) is 12.5 Å². The predicted octanol–water partition coefficient (Wildman–Crippen LogP) is 4.07.